The van der Waals surface area contributed by atoms with Gasteiger partial charge in [0, 0.05) is 16.6 Å². The summed E-state index contributed by atoms with van der Waals surface area (Å²) in [6, 6.07) is 17.0. The summed E-state index contributed by atoms with van der Waals surface area (Å²) < 4.78 is 0. The Morgan fingerprint density at radius 1 is 0.947 bits per heavy atom. The van der Waals surface area contributed by atoms with Gasteiger partial charge in [-0.15, -0.1) is 0 Å². The molecular weight excluding hydrogens is 230 g/mol. The number of fused-ring (bicyclic) bond motifs is 1. The second kappa shape index (κ2) is 4.77. The molecule has 19 heavy (non-hydrogen) atoms. The molecule has 3 aromatic rings. The molecule has 1 heteroatoms. The first-order chi connectivity index (χ1) is 9.31. The minimum atomic E-state index is 1.20. The second-order valence-electron chi connectivity index (χ2n) is 4.76. The van der Waals surface area contributed by atoms with Crippen LogP contribution in [0.1, 0.15) is 18.2 Å². The van der Waals surface area contributed by atoms with Gasteiger partial charge in [0.2, 0.25) is 0 Å². The van der Waals surface area contributed by atoms with E-state index in [0.717, 1.165) is 0 Å². The van der Waals surface area contributed by atoms with Crippen molar-refractivity contribution in [3.8, 4) is 11.1 Å². The molecule has 1 N–H and O–H groups in total. The zero-order valence-electron chi connectivity index (χ0n) is 11.3. The van der Waals surface area contributed by atoms with Gasteiger partial charge in [0.25, 0.3) is 0 Å². The number of nitrogens with one attached hydrogen (secondary N) is 1. The average Bonchev–Trinajstić information content (AvgIpc) is 2.77. The smallest absolute Gasteiger partial charge is 0.0541 e. The van der Waals surface area contributed by atoms with Crippen molar-refractivity contribution in [2.45, 2.75) is 13.8 Å². The molecular formula is C18H17N. The highest BCUT2D eigenvalue weighted by Crippen LogP contribution is 2.31. The summed E-state index contributed by atoms with van der Waals surface area (Å²) in [7, 11) is 0. The third-order valence-corrected chi connectivity index (χ3v) is 3.55. The first kappa shape index (κ1) is 11.8. The van der Waals surface area contributed by atoms with Gasteiger partial charge in [0.1, 0.15) is 0 Å². The van der Waals surface area contributed by atoms with Crippen molar-refractivity contribution in [2.75, 3.05) is 0 Å². The number of aromatic amines is 1. The van der Waals surface area contributed by atoms with Crippen LogP contribution >= 0.6 is 0 Å². The van der Waals surface area contributed by atoms with Gasteiger partial charge >= 0.3 is 0 Å². The molecule has 0 amide bonds. The minimum absolute atomic E-state index is 1.20. The van der Waals surface area contributed by atoms with Gasteiger partial charge in [-0.3, -0.25) is 0 Å². The molecule has 0 fully saturated rings. The molecule has 0 saturated heterocycles. The van der Waals surface area contributed by atoms with E-state index in [-0.39, 0.29) is 0 Å². The number of aromatic nitrogens is 1. The molecule has 0 atom stereocenters. The third kappa shape index (κ3) is 1.97. The normalized spacial score (nSPS) is 11.5. The van der Waals surface area contributed by atoms with Crippen molar-refractivity contribution in [2.24, 2.45) is 0 Å². The van der Waals surface area contributed by atoms with Crippen LogP contribution in [-0.4, -0.2) is 4.98 Å². The monoisotopic (exact) mass is 247 g/mol. The van der Waals surface area contributed by atoms with E-state index < -0.39 is 0 Å². The third-order valence-electron chi connectivity index (χ3n) is 3.55. The molecule has 0 bridgehead atoms. The molecule has 0 aliphatic rings. The number of hydrogen-bond donors (Lipinski definition) is 1. The van der Waals surface area contributed by atoms with Crippen molar-refractivity contribution >= 4 is 17.0 Å². The van der Waals surface area contributed by atoms with E-state index in [2.05, 4.69) is 72.6 Å². The first-order valence-corrected chi connectivity index (χ1v) is 6.60. The Bertz CT molecular complexity index is 733. The van der Waals surface area contributed by atoms with Crippen LogP contribution in [0.4, 0.5) is 0 Å². The number of aryl methyl sites for hydroxylation is 1. The predicted octanol–water partition coefficient (Wildman–Crippen LogP) is 5.18. The van der Waals surface area contributed by atoms with Crippen LogP contribution in [0.15, 0.2) is 54.6 Å². The predicted molar refractivity (Wildman–Crippen MR) is 83.2 cm³/mol. The standard InChI is InChI=1S/C18H17N/c1-3-8-17-13(2)15-11-7-12-16(18(15)19-17)14-9-5-4-6-10-14/h3-12,19H,1-2H3/b8-3-. The summed E-state index contributed by atoms with van der Waals surface area (Å²) >= 11 is 0. The molecule has 0 aliphatic carbocycles. The van der Waals surface area contributed by atoms with Crippen molar-refractivity contribution in [1.82, 2.24) is 4.98 Å². The fourth-order valence-corrected chi connectivity index (χ4v) is 2.56. The van der Waals surface area contributed by atoms with Gasteiger partial charge in [-0.2, -0.15) is 0 Å². The fraction of sp³-hybridized carbons (Fsp3) is 0.111. The summed E-state index contributed by atoms with van der Waals surface area (Å²) in [5.41, 5.74) is 6.24. The maximum absolute atomic E-state index is 3.55. The summed E-state index contributed by atoms with van der Waals surface area (Å²) in [6.45, 7) is 4.21. The van der Waals surface area contributed by atoms with Gasteiger partial charge in [0.15, 0.2) is 0 Å². The van der Waals surface area contributed by atoms with Crippen molar-refractivity contribution in [3.05, 3.63) is 65.9 Å². The molecule has 1 nitrogen and oxygen atoms in total. The van der Waals surface area contributed by atoms with E-state index in [1.165, 1.54) is 33.3 Å². The van der Waals surface area contributed by atoms with E-state index in [1.54, 1.807) is 0 Å². The number of H-pyrrole nitrogens is 1. The van der Waals surface area contributed by atoms with E-state index in [9.17, 15) is 0 Å². The lowest BCUT2D eigenvalue weighted by Gasteiger charge is -2.03. The summed E-state index contributed by atoms with van der Waals surface area (Å²) in [5.74, 6) is 0. The van der Waals surface area contributed by atoms with Gasteiger partial charge in [0.05, 0.1) is 5.52 Å². The van der Waals surface area contributed by atoms with Crippen LogP contribution in [0.5, 0.6) is 0 Å². The van der Waals surface area contributed by atoms with Crippen LogP contribution < -0.4 is 0 Å². The highest BCUT2D eigenvalue weighted by atomic mass is 14.7. The zero-order chi connectivity index (χ0) is 13.2. The van der Waals surface area contributed by atoms with Gasteiger partial charge in [-0.25, -0.2) is 0 Å². The molecule has 1 heterocycles. The van der Waals surface area contributed by atoms with Crippen LogP contribution in [0.25, 0.3) is 28.1 Å². The molecule has 0 aliphatic heterocycles. The Kier molecular flexibility index (Phi) is 2.96. The van der Waals surface area contributed by atoms with E-state index >= 15 is 0 Å². The van der Waals surface area contributed by atoms with Crippen molar-refractivity contribution in [1.29, 1.82) is 0 Å². The SMILES string of the molecule is C/C=C\c1[nH]c2c(-c3ccccc3)cccc2c1C. The molecule has 1 aromatic heterocycles. The summed E-state index contributed by atoms with van der Waals surface area (Å²) in [6.07, 6.45) is 4.20. The zero-order valence-corrected chi connectivity index (χ0v) is 11.3. The van der Waals surface area contributed by atoms with Gasteiger partial charge in [-0.1, -0.05) is 54.6 Å². The molecule has 3 rings (SSSR count). The molecule has 0 saturated carbocycles. The molecule has 2 aromatic carbocycles. The first-order valence-electron chi connectivity index (χ1n) is 6.60. The number of rotatable bonds is 2. The van der Waals surface area contributed by atoms with Crippen molar-refractivity contribution in [3.63, 3.8) is 0 Å². The van der Waals surface area contributed by atoms with E-state index in [0.29, 0.717) is 0 Å². The second-order valence-corrected chi connectivity index (χ2v) is 4.76. The number of allylic oxidation sites excluding steroid dienone is 1. The van der Waals surface area contributed by atoms with Crippen LogP contribution in [-0.2, 0) is 0 Å². The topological polar surface area (TPSA) is 15.8 Å². The van der Waals surface area contributed by atoms with Crippen LogP contribution in [0.3, 0.4) is 0 Å². The molecule has 94 valence electrons. The number of benzene rings is 2. The highest BCUT2D eigenvalue weighted by molar-refractivity contribution is 5.97. The molecule has 0 radical (unpaired) electrons. The minimum Gasteiger partial charge on any atom is -0.354 e. The summed E-state index contributed by atoms with van der Waals surface area (Å²) in [5, 5.41) is 1.30. The maximum Gasteiger partial charge on any atom is 0.0541 e. The Morgan fingerprint density at radius 2 is 1.74 bits per heavy atom. The average molecular weight is 247 g/mol. The number of para-hydroxylation sites is 1. The lowest BCUT2D eigenvalue weighted by Crippen LogP contribution is -1.79. The van der Waals surface area contributed by atoms with Crippen LogP contribution in [0, 0.1) is 6.92 Å². The highest BCUT2D eigenvalue weighted by Gasteiger charge is 2.09. The number of hydrogen-bond acceptors (Lipinski definition) is 0. The largest absolute Gasteiger partial charge is 0.354 e. The molecule has 0 spiro atoms. The molecule has 0 unspecified atom stereocenters. The van der Waals surface area contributed by atoms with Crippen molar-refractivity contribution < 1.29 is 0 Å². The van der Waals surface area contributed by atoms with E-state index in [1.807, 2.05) is 6.92 Å². The van der Waals surface area contributed by atoms with Gasteiger partial charge in [-0.05, 0) is 31.1 Å². The quantitative estimate of drug-likeness (QED) is 0.642. The summed E-state index contributed by atoms with van der Waals surface area (Å²) in [4.78, 5) is 3.55. The Hall–Kier alpha value is -2.28. The Balaban J connectivity index is 2.30. The lowest BCUT2D eigenvalue weighted by atomic mass is 10.0. The lowest BCUT2D eigenvalue weighted by molar-refractivity contribution is 1.37. The van der Waals surface area contributed by atoms with Gasteiger partial charge < -0.3 is 4.98 Å². The van der Waals surface area contributed by atoms with Crippen LogP contribution in [0.2, 0.25) is 0 Å². The maximum atomic E-state index is 3.55. The Labute approximate surface area is 113 Å². The van der Waals surface area contributed by atoms with E-state index in [4.69, 9.17) is 0 Å². The Morgan fingerprint density at radius 3 is 2.47 bits per heavy atom. The fourth-order valence-electron chi connectivity index (χ4n) is 2.56.